The van der Waals surface area contributed by atoms with Crippen LogP contribution in [0.1, 0.15) is 17.4 Å². The molecule has 2 rings (SSSR count). The Morgan fingerprint density at radius 3 is 2.50 bits per heavy atom. The monoisotopic (exact) mass is 251 g/mol. The Bertz CT molecular complexity index is 422. The van der Waals surface area contributed by atoms with Gasteiger partial charge >= 0.3 is 5.97 Å². The third-order valence-corrected chi connectivity index (χ3v) is 3.33. The van der Waals surface area contributed by atoms with Crippen LogP contribution in [0.3, 0.4) is 0 Å². The number of carboxylic acid groups (broad SMARTS) is 1. The normalized spacial score (nSPS) is 18.6. The molecule has 2 heterocycles. The molecule has 6 nitrogen and oxygen atoms in total. The lowest BCUT2D eigenvalue weighted by molar-refractivity contribution is -0.143. The predicted molar refractivity (Wildman–Crippen MR) is 65.4 cm³/mol. The lowest BCUT2D eigenvalue weighted by Gasteiger charge is -2.36. The van der Waals surface area contributed by atoms with Crippen LogP contribution in [0.25, 0.3) is 0 Å². The number of hydrogen-bond donors (Lipinski definition) is 2. The van der Waals surface area contributed by atoms with Gasteiger partial charge < -0.3 is 15.0 Å². The summed E-state index contributed by atoms with van der Waals surface area (Å²) in [7, 11) is 0. The molecule has 1 aromatic rings. The molecular formula is C12H17N3O3. The number of piperazine rings is 1. The number of aromatic amines is 1. The van der Waals surface area contributed by atoms with E-state index in [0.29, 0.717) is 31.9 Å². The van der Waals surface area contributed by atoms with Crippen LogP contribution in [0.2, 0.25) is 0 Å². The standard InChI is InChI=1S/C12H17N3O3/c1-9(12(17)18)14-5-7-15(8-6-14)11(16)10-3-2-4-13-10/h2-4,9,13H,5-8H2,1H3,(H,17,18). The highest BCUT2D eigenvalue weighted by molar-refractivity contribution is 5.92. The molecule has 1 unspecified atom stereocenters. The number of aliphatic carboxylic acids is 1. The van der Waals surface area contributed by atoms with Crippen molar-refractivity contribution in [1.29, 1.82) is 0 Å². The molecule has 1 aromatic heterocycles. The van der Waals surface area contributed by atoms with E-state index in [1.807, 2.05) is 4.90 Å². The fourth-order valence-electron chi connectivity index (χ4n) is 2.10. The van der Waals surface area contributed by atoms with Crippen LogP contribution in [0.5, 0.6) is 0 Å². The van der Waals surface area contributed by atoms with Crippen LogP contribution in [0, 0.1) is 0 Å². The summed E-state index contributed by atoms with van der Waals surface area (Å²) < 4.78 is 0. The number of carbonyl (C=O) groups is 2. The minimum absolute atomic E-state index is 0.0253. The SMILES string of the molecule is CC(C(=O)O)N1CCN(C(=O)c2ccc[nH]2)CC1. The molecule has 2 N–H and O–H groups in total. The average Bonchev–Trinajstić information content (AvgIpc) is 2.91. The maximum absolute atomic E-state index is 12.0. The summed E-state index contributed by atoms with van der Waals surface area (Å²) in [6.07, 6.45) is 1.72. The van der Waals surface area contributed by atoms with Gasteiger partial charge in [-0.25, -0.2) is 0 Å². The van der Waals surface area contributed by atoms with Crippen LogP contribution in [0.15, 0.2) is 18.3 Å². The molecule has 98 valence electrons. The van der Waals surface area contributed by atoms with Crippen molar-refractivity contribution in [2.75, 3.05) is 26.2 Å². The Labute approximate surface area is 105 Å². The Balaban J connectivity index is 1.91. The number of nitrogens with one attached hydrogen (secondary N) is 1. The molecule has 1 atom stereocenters. The molecule has 1 fully saturated rings. The van der Waals surface area contributed by atoms with Gasteiger partial charge in [0.25, 0.3) is 5.91 Å². The van der Waals surface area contributed by atoms with E-state index in [-0.39, 0.29) is 5.91 Å². The van der Waals surface area contributed by atoms with Crippen molar-refractivity contribution in [3.05, 3.63) is 24.0 Å². The van der Waals surface area contributed by atoms with Crippen molar-refractivity contribution in [3.8, 4) is 0 Å². The number of hydrogen-bond acceptors (Lipinski definition) is 3. The second kappa shape index (κ2) is 5.22. The fourth-order valence-corrected chi connectivity index (χ4v) is 2.10. The number of aromatic nitrogens is 1. The number of nitrogens with zero attached hydrogens (tertiary/aromatic N) is 2. The lowest BCUT2D eigenvalue weighted by Crippen LogP contribution is -2.53. The number of rotatable bonds is 3. The maximum atomic E-state index is 12.0. The Morgan fingerprint density at radius 1 is 1.33 bits per heavy atom. The van der Waals surface area contributed by atoms with Crippen LogP contribution >= 0.6 is 0 Å². The molecule has 0 aliphatic carbocycles. The van der Waals surface area contributed by atoms with Gasteiger partial charge in [-0.3, -0.25) is 14.5 Å². The van der Waals surface area contributed by atoms with Crippen LogP contribution in [-0.2, 0) is 4.79 Å². The highest BCUT2D eigenvalue weighted by Gasteiger charge is 2.27. The zero-order chi connectivity index (χ0) is 13.1. The van der Waals surface area contributed by atoms with E-state index >= 15 is 0 Å². The van der Waals surface area contributed by atoms with E-state index in [1.165, 1.54) is 0 Å². The number of amides is 1. The summed E-state index contributed by atoms with van der Waals surface area (Å²) in [6, 6.07) is 3.04. The summed E-state index contributed by atoms with van der Waals surface area (Å²) in [5.41, 5.74) is 0.578. The first kappa shape index (κ1) is 12.6. The van der Waals surface area contributed by atoms with Gasteiger partial charge in [-0.1, -0.05) is 0 Å². The van der Waals surface area contributed by atoms with Gasteiger partial charge in [-0.15, -0.1) is 0 Å². The maximum Gasteiger partial charge on any atom is 0.320 e. The van der Waals surface area contributed by atoms with Crippen molar-refractivity contribution >= 4 is 11.9 Å². The minimum atomic E-state index is -0.820. The molecule has 0 radical (unpaired) electrons. The van der Waals surface area contributed by atoms with Gasteiger partial charge in [-0.2, -0.15) is 0 Å². The number of carbonyl (C=O) groups excluding carboxylic acids is 1. The highest BCUT2D eigenvalue weighted by Crippen LogP contribution is 2.09. The third kappa shape index (κ3) is 2.53. The summed E-state index contributed by atoms with van der Waals surface area (Å²) in [6.45, 7) is 4.00. The summed E-state index contributed by atoms with van der Waals surface area (Å²) in [5, 5.41) is 8.93. The van der Waals surface area contributed by atoms with Gasteiger partial charge in [0.15, 0.2) is 0 Å². The van der Waals surface area contributed by atoms with Gasteiger partial charge in [0.05, 0.1) is 0 Å². The zero-order valence-electron chi connectivity index (χ0n) is 10.3. The molecule has 0 saturated carbocycles. The van der Waals surface area contributed by atoms with Crippen molar-refractivity contribution in [1.82, 2.24) is 14.8 Å². The van der Waals surface area contributed by atoms with E-state index in [2.05, 4.69) is 4.98 Å². The van der Waals surface area contributed by atoms with Crippen LogP contribution in [-0.4, -0.2) is 64.0 Å². The molecule has 18 heavy (non-hydrogen) atoms. The molecule has 1 aliphatic rings. The second-order valence-corrected chi connectivity index (χ2v) is 4.43. The molecule has 1 saturated heterocycles. The van der Waals surface area contributed by atoms with Gasteiger partial charge in [0, 0.05) is 32.4 Å². The van der Waals surface area contributed by atoms with E-state index in [4.69, 9.17) is 5.11 Å². The first-order valence-electron chi connectivity index (χ1n) is 5.99. The number of H-pyrrole nitrogens is 1. The largest absolute Gasteiger partial charge is 0.480 e. The molecular weight excluding hydrogens is 234 g/mol. The zero-order valence-corrected chi connectivity index (χ0v) is 10.3. The van der Waals surface area contributed by atoms with Crippen LogP contribution < -0.4 is 0 Å². The van der Waals surface area contributed by atoms with E-state index < -0.39 is 12.0 Å². The summed E-state index contributed by atoms with van der Waals surface area (Å²) >= 11 is 0. The Kier molecular flexibility index (Phi) is 3.66. The van der Waals surface area contributed by atoms with Crippen molar-refractivity contribution in [2.24, 2.45) is 0 Å². The second-order valence-electron chi connectivity index (χ2n) is 4.43. The third-order valence-electron chi connectivity index (χ3n) is 3.33. The summed E-state index contributed by atoms with van der Waals surface area (Å²) in [5.74, 6) is -0.846. The van der Waals surface area contributed by atoms with Crippen molar-refractivity contribution in [2.45, 2.75) is 13.0 Å². The fraction of sp³-hybridized carbons (Fsp3) is 0.500. The van der Waals surface area contributed by atoms with Gasteiger partial charge in [0.1, 0.15) is 11.7 Å². The highest BCUT2D eigenvalue weighted by atomic mass is 16.4. The molecule has 0 aromatic carbocycles. The van der Waals surface area contributed by atoms with Crippen molar-refractivity contribution < 1.29 is 14.7 Å². The Morgan fingerprint density at radius 2 is 2.00 bits per heavy atom. The van der Waals surface area contributed by atoms with E-state index in [0.717, 1.165) is 0 Å². The van der Waals surface area contributed by atoms with Crippen LogP contribution in [0.4, 0.5) is 0 Å². The average molecular weight is 251 g/mol. The topological polar surface area (TPSA) is 76.6 Å². The smallest absolute Gasteiger partial charge is 0.320 e. The quantitative estimate of drug-likeness (QED) is 0.807. The molecule has 1 aliphatic heterocycles. The molecule has 0 spiro atoms. The van der Waals surface area contributed by atoms with E-state index in [9.17, 15) is 9.59 Å². The Hall–Kier alpha value is -1.82. The molecule has 6 heteroatoms. The van der Waals surface area contributed by atoms with Gasteiger partial charge in [0.2, 0.25) is 0 Å². The lowest BCUT2D eigenvalue weighted by atomic mass is 10.2. The predicted octanol–water partition coefficient (Wildman–Crippen LogP) is 0.246. The molecule has 0 bridgehead atoms. The number of carboxylic acids is 1. The summed E-state index contributed by atoms with van der Waals surface area (Å²) in [4.78, 5) is 29.4. The first-order valence-corrected chi connectivity index (χ1v) is 5.99. The minimum Gasteiger partial charge on any atom is -0.480 e. The first-order chi connectivity index (χ1) is 8.59. The van der Waals surface area contributed by atoms with Crippen molar-refractivity contribution in [3.63, 3.8) is 0 Å². The molecule has 1 amide bonds. The van der Waals surface area contributed by atoms with E-state index in [1.54, 1.807) is 30.2 Å². The van der Waals surface area contributed by atoms with Gasteiger partial charge in [-0.05, 0) is 19.1 Å².